The molecule has 0 heterocycles. The van der Waals surface area contributed by atoms with Crippen molar-refractivity contribution in [2.75, 3.05) is 0 Å². The number of carbonyl (C=O) groups is 2. The number of aliphatic carboxylic acids is 2. The van der Waals surface area contributed by atoms with Crippen molar-refractivity contribution in [3.05, 3.63) is 0 Å². The molecule has 0 aromatic carbocycles. The fraction of sp³-hybridized carbons (Fsp3) is 0.778. The average Bonchev–Trinajstić information content (AvgIpc) is 2.02. The molecule has 0 aromatic heterocycles. The first-order valence-electron chi connectivity index (χ1n) is 4.55. The molecular formula is C9H16NaO4. The predicted molar refractivity (Wildman–Crippen MR) is 53.3 cm³/mol. The van der Waals surface area contributed by atoms with Crippen LogP contribution in [-0.4, -0.2) is 51.7 Å². The Morgan fingerprint density at radius 1 is 1.07 bits per heavy atom. The van der Waals surface area contributed by atoms with Crippen LogP contribution in [0.25, 0.3) is 0 Å². The summed E-state index contributed by atoms with van der Waals surface area (Å²) in [6, 6.07) is 0. The molecule has 0 saturated carbocycles. The third kappa shape index (κ3) is 7.35. The molecule has 2 N–H and O–H groups in total. The Morgan fingerprint density at radius 2 is 1.57 bits per heavy atom. The molecule has 4 nitrogen and oxygen atoms in total. The van der Waals surface area contributed by atoms with E-state index in [4.69, 9.17) is 10.2 Å². The summed E-state index contributed by atoms with van der Waals surface area (Å²) in [5.41, 5.74) is 0. The molecule has 0 unspecified atom stereocenters. The quantitative estimate of drug-likeness (QED) is 0.379. The van der Waals surface area contributed by atoms with Crippen molar-refractivity contribution in [1.82, 2.24) is 0 Å². The van der Waals surface area contributed by atoms with Crippen molar-refractivity contribution in [2.24, 2.45) is 5.92 Å². The third-order valence-corrected chi connectivity index (χ3v) is 1.94. The molecule has 0 fully saturated rings. The van der Waals surface area contributed by atoms with Crippen molar-refractivity contribution in [2.45, 2.75) is 39.0 Å². The van der Waals surface area contributed by atoms with Gasteiger partial charge in [0, 0.05) is 29.6 Å². The fourth-order valence-corrected chi connectivity index (χ4v) is 1.13. The molecule has 5 heteroatoms. The zero-order valence-corrected chi connectivity index (χ0v) is 10.8. The molecule has 0 bridgehead atoms. The monoisotopic (exact) mass is 211 g/mol. The SMILES string of the molecule is CCCCCCC(C(=O)O)C(=O)O.[Na]. The molecule has 0 aromatic rings. The summed E-state index contributed by atoms with van der Waals surface area (Å²) < 4.78 is 0. The van der Waals surface area contributed by atoms with Crippen LogP contribution in [0, 0.1) is 5.92 Å². The molecule has 0 amide bonds. The van der Waals surface area contributed by atoms with Gasteiger partial charge < -0.3 is 10.2 Å². The van der Waals surface area contributed by atoms with E-state index in [9.17, 15) is 9.59 Å². The van der Waals surface area contributed by atoms with Crippen LogP contribution in [0.1, 0.15) is 39.0 Å². The minimum atomic E-state index is -1.23. The summed E-state index contributed by atoms with van der Waals surface area (Å²) in [5, 5.41) is 17.0. The van der Waals surface area contributed by atoms with E-state index in [2.05, 4.69) is 0 Å². The number of hydrogen-bond donors (Lipinski definition) is 2. The Kier molecular flexibility index (Phi) is 11.1. The molecule has 0 saturated heterocycles. The number of hydrogen-bond acceptors (Lipinski definition) is 2. The van der Waals surface area contributed by atoms with Crippen LogP contribution in [0.3, 0.4) is 0 Å². The minimum Gasteiger partial charge on any atom is -0.481 e. The van der Waals surface area contributed by atoms with Crippen LogP contribution >= 0.6 is 0 Å². The second-order valence-corrected chi connectivity index (χ2v) is 3.08. The van der Waals surface area contributed by atoms with Gasteiger partial charge in [-0.25, -0.2) is 0 Å². The fourth-order valence-electron chi connectivity index (χ4n) is 1.13. The van der Waals surface area contributed by atoms with Gasteiger partial charge in [-0.3, -0.25) is 9.59 Å². The smallest absolute Gasteiger partial charge is 0.317 e. The maximum atomic E-state index is 10.4. The molecular weight excluding hydrogens is 195 g/mol. The normalized spacial score (nSPS) is 9.57. The van der Waals surface area contributed by atoms with Crippen molar-refractivity contribution < 1.29 is 19.8 Å². The van der Waals surface area contributed by atoms with E-state index in [1.165, 1.54) is 0 Å². The summed E-state index contributed by atoms with van der Waals surface area (Å²) in [6.45, 7) is 2.05. The summed E-state index contributed by atoms with van der Waals surface area (Å²) in [5.74, 6) is -3.69. The largest absolute Gasteiger partial charge is 0.481 e. The van der Waals surface area contributed by atoms with Crippen LogP contribution in [0.4, 0.5) is 0 Å². The Balaban J connectivity index is 0. The first kappa shape index (κ1) is 16.4. The van der Waals surface area contributed by atoms with Crippen LogP contribution in [0.15, 0.2) is 0 Å². The van der Waals surface area contributed by atoms with E-state index >= 15 is 0 Å². The summed E-state index contributed by atoms with van der Waals surface area (Å²) >= 11 is 0. The standard InChI is InChI=1S/C9H16O4.Na/c1-2-3-4-5-6-7(8(10)11)9(12)13;/h7H,2-6H2,1H3,(H,10,11)(H,12,13);. The van der Waals surface area contributed by atoms with E-state index in [-0.39, 0.29) is 36.0 Å². The molecule has 1 radical (unpaired) electrons. The number of carboxylic acids is 2. The number of rotatable bonds is 7. The first-order valence-corrected chi connectivity index (χ1v) is 4.55. The van der Waals surface area contributed by atoms with Crippen LogP contribution in [0.5, 0.6) is 0 Å². The van der Waals surface area contributed by atoms with Gasteiger partial charge in [0.05, 0.1) is 0 Å². The molecule has 0 atom stereocenters. The first-order chi connectivity index (χ1) is 6.09. The maximum Gasteiger partial charge on any atom is 0.317 e. The van der Waals surface area contributed by atoms with Gasteiger partial charge in [0.15, 0.2) is 5.92 Å². The Hall–Kier alpha value is -0.0600. The minimum absolute atomic E-state index is 0. The van der Waals surface area contributed by atoms with E-state index in [1.807, 2.05) is 6.92 Å². The van der Waals surface area contributed by atoms with E-state index in [1.54, 1.807) is 0 Å². The average molecular weight is 211 g/mol. The number of carboxylic acid groups (broad SMARTS) is 2. The van der Waals surface area contributed by atoms with Gasteiger partial charge in [0.2, 0.25) is 0 Å². The summed E-state index contributed by atoms with van der Waals surface area (Å²) in [6.07, 6.45) is 3.92. The van der Waals surface area contributed by atoms with Crippen molar-refractivity contribution in [1.29, 1.82) is 0 Å². The Morgan fingerprint density at radius 3 is 1.93 bits per heavy atom. The summed E-state index contributed by atoms with van der Waals surface area (Å²) in [4.78, 5) is 20.8. The molecule has 0 aliphatic rings. The summed E-state index contributed by atoms with van der Waals surface area (Å²) in [7, 11) is 0. The Labute approximate surface area is 106 Å². The Bertz CT molecular complexity index is 168. The predicted octanol–water partition coefficient (Wildman–Crippen LogP) is 1.36. The van der Waals surface area contributed by atoms with E-state index in [0.29, 0.717) is 6.42 Å². The van der Waals surface area contributed by atoms with Gasteiger partial charge in [-0.15, -0.1) is 0 Å². The molecule has 14 heavy (non-hydrogen) atoms. The second kappa shape index (κ2) is 9.49. The van der Waals surface area contributed by atoms with Gasteiger partial charge in [-0.1, -0.05) is 32.6 Å². The van der Waals surface area contributed by atoms with Crippen molar-refractivity contribution in [3.63, 3.8) is 0 Å². The second-order valence-electron chi connectivity index (χ2n) is 3.08. The van der Waals surface area contributed by atoms with Gasteiger partial charge in [-0.2, -0.15) is 0 Å². The van der Waals surface area contributed by atoms with Gasteiger partial charge in [-0.05, 0) is 6.42 Å². The molecule has 0 aliphatic heterocycles. The molecule has 0 rings (SSSR count). The topological polar surface area (TPSA) is 74.6 Å². The van der Waals surface area contributed by atoms with E-state index in [0.717, 1.165) is 19.3 Å². The van der Waals surface area contributed by atoms with Crippen LogP contribution in [-0.2, 0) is 9.59 Å². The molecule has 77 valence electrons. The maximum absolute atomic E-state index is 10.4. The van der Waals surface area contributed by atoms with Gasteiger partial charge >= 0.3 is 11.9 Å². The zero-order valence-electron chi connectivity index (χ0n) is 8.82. The van der Waals surface area contributed by atoms with Crippen molar-refractivity contribution >= 4 is 41.5 Å². The van der Waals surface area contributed by atoms with Gasteiger partial charge in [0.1, 0.15) is 0 Å². The third-order valence-electron chi connectivity index (χ3n) is 1.94. The van der Waals surface area contributed by atoms with Gasteiger partial charge in [0.25, 0.3) is 0 Å². The number of unbranched alkanes of at least 4 members (excludes halogenated alkanes) is 3. The molecule has 0 spiro atoms. The van der Waals surface area contributed by atoms with E-state index < -0.39 is 17.9 Å². The van der Waals surface area contributed by atoms with Crippen molar-refractivity contribution in [3.8, 4) is 0 Å². The van der Waals surface area contributed by atoms with Crippen LogP contribution in [0.2, 0.25) is 0 Å². The molecule has 0 aliphatic carbocycles. The zero-order chi connectivity index (χ0) is 10.3. The van der Waals surface area contributed by atoms with Crippen LogP contribution < -0.4 is 0 Å².